The minimum Gasteiger partial charge on any atom is -0.211 e. The van der Waals surface area contributed by atoms with Crippen molar-refractivity contribution < 1.29 is 21.6 Å². The van der Waals surface area contributed by atoms with Gasteiger partial charge in [-0.2, -0.15) is 13.2 Å². The molecule has 0 aliphatic rings. The zero-order valence-corrected chi connectivity index (χ0v) is 12.1. The lowest BCUT2D eigenvalue weighted by Crippen LogP contribution is -2.25. The average Bonchev–Trinajstić information content (AvgIpc) is 2.33. The second-order valence-electron chi connectivity index (χ2n) is 3.90. The Balaban J connectivity index is 3.05. The van der Waals surface area contributed by atoms with Crippen molar-refractivity contribution in [3.05, 3.63) is 40.9 Å². The Labute approximate surface area is 120 Å². The van der Waals surface area contributed by atoms with Gasteiger partial charge in [-0.15, -0.1) is 0 Å². The van der Waals surface area contributed by atoms with Gasteiger partial charge in [0.25, 0.3) is 0 Å². The number of hydrogen-bond acceptors (Lipinski definition) is 2. The highest BCUT2D eigenvalue weighted by Gasteiger charge is 2.32. The Morgan fingerprint density at radius 1 is 1.35 bits per heavy atom. The molecule has 0 unspecified atom stereocenters. The van der Waals surface area contributed by atoms with Crippen LogP contribution in [0.1, 0.15) is 18.9 Å². The maximum absolute atomic E-state index is 12.6. The maximum atomic E-state index is 12.6. The summed E-state index contributed by atoms with van der Waals surface area (Å²) >= 11 is 5.67. The Hall–Kier alpha value is -1.05. The second-order valence-corrected chi connectivity index (χ2v) is 6.04. The van der Waals surface area contributed by atoms with E-state index in [2.05, 4.69) is 4.72 Å². The van der Waals surface area contributed by atoms with Crippen LogP contribution < -0.4 is 4.72 Å². The normalized spacial score (nSPS) is 13.1. The molecule has 1 aromatic carbocycles. The van der Waals surface area contributed by atoms with E-state index in [9.17, 15) is 21.6 Å². The molecule has 20 heavy (non-hydrogen) atoms. The number of nitrogens with one attached hydrogen (secondary N) is 1. The monoisotopic (exact) mass is 327 g/mol. The highest BCUT2D eigenvalue weighted by molar-refractivity contribution is 7.89. The molecule has 0 spiro atoms. The van der Waals surface area contributed by atoms with Crippen LogP contribution in [-0.2, 0) is 16.2 Å². The van der Waals surface area contributed by atoms with Crippen molar-refractivity contribution in [3.63, 3.8) is 0 Å². The van der Waals surface area contributed by atoms with Crippen molar-refractivity contribution in [1.82, 2.24) is 4.72 Å². The van der Waals surface area contributed by atoms with Crippen LogP contribution in [0.3, 0.4) is 0 Å². The molecule has 1 rings (SSSR count). The highest BCUT2D eigenvalue weighted by atomic mass is 35.5. The van der Waals surface area contributed by atoms with E-state index in [1.807, 2.05) is 0 Å². The first-order valence-electron chi connectivity index (χ1n) is 5.66. The molecule has 0 fully saturated rings. The van der Waals surface area contributed by atoms with Gasteiger partial charge in [0.2, 0.25) is 10.0 Å². The molecule has 0 aliphatic carbocycles. The summed E-state index contributed by atoms with van der Waals surface area (Å²) < 4.78 is 63.7. The summed E-state index contributed by atoms with van der Waals surface area (Å²) in [4.78, 5) is -0.575. The Kier molecular flexibility index (Phi) is 5.61. The third-order valence-corrected chi connectivity index (χ3v) is 4.33. The van der Waals surface area contributed by atoms with Crippen molar-refractivity contribution in [2.75, 3.05) is 6.54 Å². The van der Waals surface area contributed by atoms with Gasteiger partial charge in [0.1, 0.15) is 4.90 Å². The predicted molar refractivity (Wildman–Crippen MR) is 71.1 cm³/mol. The smallest absolute Gasteiger partial charge is 0.211 e. The Morgan fingerprint density at radius 3 is 2.55 bits per heavy atom. The van der Waals surface area contributed by atoms with E-state index in [0.29, 0.717) is 12.5 Å². The number of allylic oxidation sites excluding steroid dienone is 1. The van der Waals surface area contributed by atoms with E-state index in [1.165, 1.54) is 0 Å². The molecule has 112 valence electrons. The summed E-state index contributed by atoms with van der Waals surface area (Å²) in [7, 11) is -4.07. The van der Waals surface area contributed by atoms with Crippen LogP contribution in [0.25, 0.3) is 0 Å². The van der Waals surface area contributed by atoms with Gasteiger partial charge in [-0.1, -0.05) is 23.8 Å². The third-order valence-electron chi connectivity index (χ3n) is 2.39. The van der Waals surface area contributed by atoms with Crippen LogP contribution >= 0.6 is 11.6 Å². The van der Waals surface area contributed by atoms with Crippen molar-refractivity contribution >= 4 is 21.6 Å². The molecule has 0 aromatic heterocycles. The minimum absolute atomic E-state index is 0.0826. The van der Waals surface area contributed by atoms with Crippen LogP contribution in [0, 0.1) is 0 Å². The maximum Gasteiger partial charge on any atom is 0.416 e. The van der Waals surface area contributed by atoms with Crippen LogP contribution in [0.15, 0.2) is 35.2 Å². The Morgan fingerprint density at radius 2 is 2.00 bits per heavy atom. The van der Waals surface area contributed by atoms with E-state index in [-0.39, 0.29) is 11.6 Å². The molecule has 0 amide bonds. The van der Waals surface area contributed by atoms with Gasteiger partial charge in [0, 0.05) is 6.54 Å². The summed E-state index contributed by atoms with van der Waals surface area (Å²) in [6, 6.07) is 2.19. The standard InChI is InChI=1S/C12H13ClF3NO2S/c1-2-3-4-7-17-20(18,19)11-8-9(12(14,15)16)5-6-10(11)13/h2-3,5-6,8,17H,4,7H2,1H3/b3-2+. The van der Waals surface area contributed by atoms with Crippen molar-refractivity contribution in [2.45, 2.75) is 24.4 Å². The largest absolute Gasteiger partial charge is 0.416 e. The molecule has 0 heterocycles. The lowest BCUT2D eigenvalue weighted by molar-refractivity contribution is -0.137. The van der Waals surface area contributed by atoms with Crippen molar-refractivity contribution in [2.24, 2.45) is 0 Å². The summed E-state index contributed by atoms with van der Waals surface area (Å²) in [6.07, 6.45) is -0.714. The second kappa shape index (κ2) is 6.60. The fraction of sp³-hybridized carbons (Fsp3) is 0.333. The number of halogens is 4. The highest BCUT2D eigenvalue weighted by Crippen LogP contribution is 2.33. The summed E-state index contributed by atoms with van der Waals surface area (Å²) in [6.45, 7) is 1.86. The van der Waals surface area contributed by atoms with E-state index >= 15 is 0 Å². The lowest BCUT2D eigenvalue weighted by atomic mass is 10.2. The molecule has 8 heteroatoms. The van der Waals surface area contributed by atoms with E-state index in [0.717, 1.165) is 12.1 Å². The molecule has 3 nitrogen and oxygen atoms in total. The molecule has 0 radical (unpaired) electrons. The van der Waals surface area contributed by atoms with E-state index < -0.39 is 26.7 Å². The number of benzene rings is 1. The van der Waals surface area contributed by atoms with Crippen molar-refractivity contribution in [1.29, 1.82) is 0 Å². The number of sulfonamides is 1. The van der Waals surface area contributed by atoms with Gasteiger partial charge in [-0.3, -0.25) is 0 Å². The summed E-state index contributed by atoms with van der Waals surface area (Å²) in [5.74, 6) is 0. The first kappa shape index (κ1) is 17.0. The first-order valence-corrected chi connectivity index (χ1v) is 7.52. The van der Waals surface area contributed by atoms with E-state index in [4.69, 9.17) is 11.6 Å². The molecule has 0 bridgehead atoms. The molecule has 0 saturated heterocycles. The van der Waals surface area contributed by atoms with Crippen LogP contribution in [0.2, 0.25) is 5.02 Å². The van der Waals surface area contributed by atoms with Crippen LogP contribution in [0.5, 0.6) is 0 Å². The van der Waals surface area contributed by atoms with Gasteiger partial charge in [-0.25, -0.2) is 13.1 Å². The van der Waals surface area contributed by atoms with Crippen LogP contribution in [0.4, 0.5) is 13.2 Å². The zero-order valence-electron chi connectivity index (χ0n) is 10.5. The molecule has 1 aromatic rings. The van der Waals surface area contributed by atoms with Gasteiger partial charge in [0.05, 0.1) is 10.6 Å². The van der Waals surface area contributed by atoms with E-state index in [1.54, 1.807) is 19.1 Å². The van der Waals surface area contributed by atoms with Gasteiger partial charge < -0.3 is 0 Å². The molecule has 0 atom stereocenters. The average molecular weight is 328 g/mol. The Bertz CT molecular complexity index is 597. The topological polar surface area (TPSA) is 46.2 Å². The fourth-order valence-electron chi connectivity index (χ4n) is 1.41. The summed E-state index contributed by atoms with van der Waals surface area (Å²) in [5, 5.41) is -0.253. The zero-order chi connectivity index (χ0) is 15.4. The SMILES string of the molecule is C/C=C/CCNS(=O)(=O)c1cc(C(F)(F)F)ccc1Cl. The van der Waals surface area contributed by atoms with Gasteiger partial charge >= 0.3 is 6.18 Å². The van der Waals surface area contributed by atoms with Crippen LogP contribution in [-0.4, -0.2) is 15.0 Å². The first-order chi connectivity index (χ1) is 9.18. The lowest BCUT2D eigenvalue weighted by Gasteiger charge is -2.11. The third kappa shape index (κ3) is 4.50. The fourth-order valence-corrected chi connectivity index (χ4v) is 2.98. The molecule has 0 aliphatic heterocycles. The number of hydrogen-bond donors (Lipinski definition) is 1. The molecular formula is C12H13ClF3NO2S. The number of alkyl halides is 3. The van der Waals surface area contributed by atoms with Gasteiger partial charge in [0.15, 0.2) is 0 Å². The van der Waals surface area contributed by atoms with Crippen molar-refractivity contribution in [3.8, 4) is 0 Å². The molecule has 1 N–H and O–H groups in total. The predicted octanol–water partition coefficient (Wildman–Crippen LogP) is 3.60. The molecular weight excluding hydrogens is 315 g/mol. The van der Waals surface area contributed by atoms with Gasteiger partial charge in [-0.05, 0) is 31.5 Å². The summed E-state index contributed by atoms with van der Waals surface area (Å²) in [5.41, 5.74) is -1.06. The quantitative estimate of drug-likeness (QED) is 0.663. The minimum atomic E-state index is -4.63. The number of rotatable bonds is 5. The molecule has 0 saturated carbocycles.